The van der Waals surface area contributed by atoms with Gasteiger partial charge in [-0.25, -0.2) is 0 Å². The lowest BCUT2D eigenvalue weighted by molar-refractivity contribution is 0.135. The molecule has 0 unspecified atom stereocenters. The summed E-state index contributed by atoms with van der Waals surface area (Å²) in [4.78, 5) is 0. The first-order valence-electron chi connectivity index (χ1n) is 9.57. The zero-order valence-corrected chi connectivity index (χ0v) is 17.5. The zero-order chi connectivity index (χ0) is 19.8. The predicted molar refractivity (Wildman–Crippen MR) is 119 cm³/mol. The molecule has 3 nitrogen and oxygen atoms in total. The van der Waals surface area contributed by atoms with Crippen LogP contribution in [0.2, 0.25) is 0 Å². The second kappa shape index (κ2) is 7.54. The van der Waals surface area contributed by atoms with E-state index in [9.17, 15) is 0 Å². The average molecular weight is 446 g/mol. The van der Waals surface area contributed by atoms with Gasteiger partial charge in [-0.1, -0.05) is 76.6 Å². The number of nitrogens with one attached hydrogen (secondary N) is 1. The third-order valence-electron chi connectivity index (χ3n) is 5.40. The Kier molecular flexibility index (Phi) is 4.74. The molecule has 1 aliphatic rings. The molecule has 4 aromatic carbocycles. The van der Waals surface area contributed by atoms with Crippen molar-refractivity contribution in [2.24, 2.45) is 0 Å². The fourth-order valence-corrected chi connectivity index (χ4v) is 4.15. The second-order valence-electron chi connectivity index (χ2n) is 7.13. The summed E-state index contributed by atoms with van der Waals surface area (Å²) in [7, 11) is 1.68. The van der Waals surface area contributed by atoms with Crippen LogP contribution >= 0.6 is 15.9 Å². The Bertz CT molecular complexity index is 1160. The van der Waals surface area contributed by atoms with Crippen molar-refractivity contribution in [2.75, 3.05) is 7.11 Å². The van der Waals surface area contributed by atoms with Gasteiger partial charge in [-0.15, -0.1) is 0 Å². The third-order valence-corrected chi connectivity index (χ3v) is 5.93. The molecule has 1 N–H and O–H groups in total. The van der Waals surface area contributed by atoms with E-state index in [2.05, 4.69) is 81.9 Å². The van der Waals surface area contributed by atoms with Crippen molar-refractivity contribution >= 4 is 26.7 Å². The minimum Gasteiger partial charge on any atom is -0.497 e. The molecule has 1 heterocycles. The van der Waals surface area contributed by atoms with E-state index in [1.165, 1.54) is 10.9 Å². The summed E-state index contributed by atoms with van der Waals surface area (Å²) in [5.41, 5.74) is 3.41. The van der Waals surface area contributed by atoms with Crippen LogP contribution in [0.15, 0.2) is 89.4 Å². The van der Waals surface area contributed by atoms with Gasteiger partial charge < -0.3 is 9.47 Å². The average Bonchev–Trinajstić information content (AvgIpc) is 2.79. The summed E-state index contributed by atoms with van der Waals surface area (Å²) in [6.45, 7) is 0. The van der Waals surface area contributed by atoms with E-state index >= 15 is 0 Å². The van der Waals surface area contributed by atoms with Crippen LogP contribution in [0.1, 0.15) is 29.0 Å². The molecule has 4 aromatic rings. The fraction of sp³-hybridized carbons (Fsp3) is 0.120. The third kappa shape index (κ3) is 3.39. The molecule has 0 bridgehead atoms. The molecule has 0 amide bonds. The monoisotopic (exact) mass is 445 g/mol. The van der Waals surface area contributed by atoms with Crippen molar-refractivity contribution in [2.45, 2.75) is 12.3 Å². The van der Waals surface area contributed by atoms with Gasteiger partial charge in [-0.2, -0.15) is 0 Å². The Labute approximate surface area is 178 Å². The van der Waals surface area contributed by atoms with Crippen LogP contribution in [0.3, 0.4) is 0 Å². The molecule has 0 fully saturated rings. The molecule has 0 radical (unpaired) electrons. The van der Waals surface area contributed by atoms with Gasteiger partial charge in [-0.05, 0) is 35.2 Å². The maximum Gasteiger partial charge on any atom is 0.177 e. The zero-order valence-electron chi connectivity index (χ0n) is 15.9. The minimum absolute atomic E-state index is 0.0311. The van der Waals surface area contributed by atoms with Crippen LogP contribution in [0.25, 0.3) is 10.8 Å². The number of hydrogen-bond donors (Lipinski definition) is 1. The van der Waals surface area contributed by atoms with E-state index in [0.717, 1.165) is 32.5 Å². The van der Waals surface area contributed by atoms with E-state index in [-0.39, 0.29) is 12.3 Å². The lowest BCUT2D eigenvalue weighted by atomic mass is 9.93. The predicted octanol–water partition coefficient (Wildman–Crippen LogP) is 6.38. The molecule has 4 heteroatoms. The second-order valence-corrected chi connectivity index (χ2v) is 8.04. The normalized spacial score (nSPS) is 18.1. The topological polar surface area (TPSA) is 30.5 Å². The molecule has 5 rings (SSSR count). The van der Waals surface area contributed by atoms with Crippen LogP contribution in [-0.4, -0.2) is 7.11 Å². The van der Waals surface area contributed by atoms with Crippen LogP contribution in [0, 0.1) is 0 Å². The minimum atomic E-state index is -0.257. The Morgan fingerprint density at radius 3 is 2.31 bits per heavy atom. The highest BCUT2D eigenvalue weighted by Gasteiger charge is 2.30. The number of halogens is 1. The highest BCUT2D eigenvalue weighted by molar-refractivity contribution is 9.10. The Hall–Kier alpha value is -2.82. The van der Waals surface area contributed by atoms with Crippen molar-refractivity contribution in [1.29, 1.82) is 0 Å². The lowest BCUT2D eigenvalue weighted by Crippen LogP contribution is -2.35. The van der Waals surface area contributed by atoms with Crippen LogP contribution in [0.5, 0.6) is 11.5 Å². The molecule has 0 saturated carbocycles. The van der Waals surface area contributed by atoms with Gasteiger partial charge in [0.25, 0.3) is 0 Å². The summed E-state index contributed by atoms with van der Waals surface area (Å²) in [5.74, 6) is 1.77. The summed E-state index contributed by atoms with van der Waals surface area (Å²) >= 11 is 3.54. The Morgan fingerprint density at radius 1 is 0.828 bits per heavy atom. The van der Waals surface area contributed by atoms with Gasteiger partial charge in [0.05, 0.1) is 13.2 Å². The van der Waals surface area contributed by atoms with Crippen molar-refractivity contribution in [3.63, 3.8) is 0 Å². The number of methoxy groups -OCH3 is 1. The van der Waals surface area contributed by atoms with Crippen molar-refractivity contribution in [3.05, 3.63) is 106 Å². The highest BCUT2D eigenvalue weighted by Crippen LogP contribution is 2.43. The van der Waals surface area contributed by atoms with E-state index in [0.29, 0.717) is 0 Å². The van der Waals surface area contributed by atoms with Gasteiger partial charge in [0, 0.05) is 21.0 Å². The fourth-order valence-electron chi connectivity index (χ4n) is 3.89. The molecule has 144 valence electrons. The molecule has 29 heavy (non-hydrogen) atoms. The first-order valence-corrected chi connectivity index (χ1v) is 10.4. The van der Waals surface area contributed by atoms with Crippen molar-refractivity contribution in [3.8, 4) is 11.5 Å². The number of ether oxygens (including phenoxy) is 2. The van der Waals surface area contributed by atoms with Crippen molar-refractivity contribution < 1.29 is 9.47 Å². The molecular formula is C25H20BrNO2. The standard InChI is InChI=1S/C25H20BrNO2/c1-28-20-13-8-18(9-14-20)25-27-23(17-6-11-19(26)12-7-17)22-15-10-16-4-2-3-5-21(16)24(22)29-25/h2-15,23,25,27H,1H3/t23-,25-/m1/s1. The summed E-state index contributed by atoms with van der Waals surface area (Å²) in [5, 5.41) is 5.99. The van der Waals surface area contributed by atoms with Crippen LogP contribution in [-0.2, 0) is 0 Å². The summed E-state index contributed by atoms with van der Waals surface area (Å²) < 4.78 is 12.9. The summed E-state index contributed by atoms with van der Waals surface area (Å²) in [6, 6.07) is 29.2. The first kappa shape index (κ1) is 18.2. The van der Waals surface area contributed by atoms with Gasteiger partial charge in [0.15, 0.2) is 6.23 Å². The van der Waals surface area contributed by atoms with Crippen molar-refractivity contribution in [1.82, 2.24) is 5.32 Å². The Morgan fingerprint density at radius 2 is 1.55 bits per heavy atom. The summed E-state index contributed by atoms with van der Waals surface area (Å²) in [6.07, 6.45) is -0.257. The molecule has 0 saturated heterocycles. The van der Waals surface area contributed by atoms with Gasteiger partial charge in [-0.3, -0.25) is 5.32 Å². The van der Waals surface area contributed by atoms with E-state index < -0.39 is 0 Å². The molecule has 0 aromatic heterocycles. The van der Waals surface area contributed by atoms with Gasteiger partial charge >= 0.3 is 0 Å². The van der Waals surface area contributed by atoms with Crippen LogP contribution < -0.4 is 14.8 Å². The highest BCUT2D eigenvalue weighted by atomic mass is 79.9. The lowest BCUT2D eigenvalue weighted by Gasteiger charge is -2.35. The quantitative estimate of drug-likeness (QED) is 0.396. The smallest absolute Gasteiger partial charge is 0.177 e. The van der Waals surface area contributed by atoms with Gasteiger partial charge in [0.2, 0.25) is 0 Å². The number of benzene rings is 4. The molecular weight excluding hydrogens is 426 g/mol. The Balaban J connectivity index is 1.64. The van der Waals surface area contributed by atoms with Gasteiger partial charge in [0.1, 0.15) is 11.5 Å². The molecule has 1 aliphatic heterocycles. The van der Waals surface area contributed by atoms with Crippen LogP contribution in [0.4, 0.5) is 0 Å². The maximum atomic E-state index is 6.52. The maximum absolute atomic E-state index is 6.52. The van der Waals surface area contributed by atoms with E-state index in [1.807, 2.05) is 24.3 Å². The SMILES string of the molecule is COc1ccc([C@@H]2N[C@H](c3ccc(Br)cc3)c3ccc4ccccc4c3O2)cc1. The van der Waals surface area contributed by atoms with E-state index in [4.69, 9.17) is 9.47 Å². The molecule has 2 atom stereocenters. The van der Waals surface area contributed by atoms with E-state index in [1.54, 1.807) is 7.11 Å². The number of rotatable bonds is 3. The first-order chi connectivity index (χ1) is 14.2. The molecule has 0 spiro atoms. The number of hydrogen-bond acceptors (Lipinski definition) is 3. The largest absolute Gasteiger partial charge is 0.497 e. The number of fused-ring (bicyclic) bond motifs is 3. The molecule has 0 aliphatic carbocycles.